The van der Waals surface area contributed by atoms with Crippen LogP contribution in [0.5, 0.6) is 0 Å². The summed E-state index contributed by atoms with van der Waals surface area (Å²) in [6.07, 6.45) is 1.67. The predicted molar refractivity (Wildman–Crippen MR) is 111 cm³/mol. The molecule has 0 aliphatic carbocycles. The first-order chi connectivity index (χ1) is 14.1. The maximum Gasteiger partial charge on any atom is 0.318 e. The molecule has 0 bridgehead atoms. The quantitative estimate of drug-likeness (QED) is 0.490. The average molecular weight is 384 g/mol. The van der Waals surface area contributed by atoms with Crippen molar-refractivity contribution >= 4 is 11.6 Å². The Labute approximate surface area is 168 Å². The summed E-state index contributed by atoms with van der Waals surface area (Å²) in [6.45, 7) is 1.83. The van der Waals surface area contributed by atoms with Crippen molar-refractivity contribution in [2.24, 2.45) is 0 Å². The summed E-state index contributed by atoms with van der Waals surface area (Å²) in [5.74, 6) is -0.921. The lowest BCUT2D eigenvalue weighted by Gasteiger charge is -2.17. The van der Waals surface area contributed by atoms with Gasteiger partial charge >= 0.3 is 5.97 Å². The fourth-order valence-corrected chi connectivity index (χ4v) is 3.37. The van der Waals surface area contributed by atoms with Crippen molar-refractivity contribution in [3.8, 4) is 0 Å². The summed E-state index contributed by atoms with van der Waals surface area (Å²) < 4.78 is 7.08. The van der Waals surface area contributed by atoms with Crippen molar-refractivity contribution in [2.75, 3.05) is 0 Å². The number of hydrogen-bond donors (Lipinski definition) is 0. The molecule has 0 fully saturated rings. The van der Waals surface area contributed by atoms with Crippen LogP contribution in [0.4, 0.5) is 0 Å². The van der Waals surface area contributed by atoms with Gasteiger partial charge < -0.3 is 4.74 Å². The number of pyridine rings is 1. The maximum absolute atomic E-state index is 13.0. The topological polar surface area (TPSA) is 60.7 Å². The molecular weight excluding hydrogens is 364 g/mol. The highest BCUT2D eigenvalue weighted by Crippen LogP contribution is 2.26. The van der Waals surface area contributed by atoms with E-state index < -0.39 is 5.92 Å². The summed E-state index contributed by atoms with van der Waals surface area (Å²) >= 11 is 0. The molecule has 0 saturated heterocycles. The minimum absolute atomic E-state index is 0.0604. The summed E-state index contributed by atoms with van der Waals surface area (Å²) in [5.41, 5.74) is 3.38. The normalized spacial score (nSPS) is 11.0. The number of hydrogen-bond acceptors (Lipinski definition) is 4. The third-order valence-electron chi connectivity index (χ3n) is 4.80. The van der Waals surface area contributed by atoms with Gasteiger partial charge in [0.15, 0.2) is 0 Å². The van der Waals surface area contributed by atoms with E-state index in [1.165, 1.54) is 10.5 Å². The largest absolute Gasteiger partial charge is 0.458 e. The number of fused-ring (bicyclic) bond motifs is 1. The third-order valence-corrected chi connectivity index (χ3v) is 4.80. The van der Waals surface area contributed by atoms with Crippen molar-refractivity contribution in [1.29, 1.82) is 0 Å². The Hall–Kier alpha value is -3.73. The first-order valence-electron chi connectivity index (χ1n) is 9.38. The van der Waals surface area contributed by atoms with E-state index in [1.54, 1.807) is 12.3 Å². The molecule has 0 radical (unpaired) electrons. The van der Waals surface area contributed by atoms with Gasteiger partial charge in [-0.2, -0.15) is 0 Å². The molecule has 0 N–H and O–H groups in total. The smallest absolute Gasteiger partial charge is 0.318 e. The van der Waals surface area contributed by atoms with E-state index in [0.717, 1.165) is 16.7 Å². The molecule has 0 saturated carbocycles. The maximum atomic E-state index is 13.0. The number of carbonyl (C=O) groups is 1. The Kier molecular flexibility index (Phi) is 5.20. The molecule has 2 aromatic carbocycles. The van der Waals surface area contributed by atoms with E-state index in [4.69, 9.17) is 4.74 Å². The van der Waals surface area contributed by atoms with E-state index >= 15 is 0 Å². The van der Waals surface area contributed by atoms with Crippen molar-refractivity contribution < 1.29 is 9.53 Å². The molecule has 0 aliphatic rings. The van der Waals surface area contributed by atoms with Crippen LogP contribution in [-0.4, -0.2) is 15.4 Å². The molecule has 144 valence electrons. The third kappa shape index (κ3) is 3.94. The number of rotatable bonds is 5. The summed E-state index contributed by atoms with van der Waals surface area (Å²) in [5, 5.41) is 0. The molecule has 4 rings (SSSR count). The number of nitrogens with zero attached hydrogens (tertiary/aromatic N) is 2. The zero-order valence-electron chi connectivity index (χ0n) is 16.0. The highest BCUT2D eigenvalue weighted by atomic mass is 16.5. The van der Waals surface area contributed by atoms with E-state index in [1.807, 2.05) is 73.7 Å². The lowest BCUT2D eigenvalue weighted by molar-refractivity contribution is -0.145. The number of esters is 1. The standard InChI is InChI=1S/C24H20N2O3/c1-17-9-8-14-26-21(27)15-20(25-23(17)26)16-29-24(28)22(18-10-4-2-5-11-18)19-12-6-3-7-13-19/h2-15,22H,16H2,1H3. The fourth-order valence-electron chi connectivity index (χ4n) is 3.37. The Morgan fingerprint density at radius 1 is 0.966 bits per heavy atom. The highest BCUT2D eigenvalue weighted by Gasteiger charge is 2.24. The van der Waals surface area contributed by atoms with Gasteiger partial charge in [-0.25, -0.2) is 4.98 Å². The molecule has 29 heavy (non-hydrogen) atoms. The number of aryl methyl sites for hydroxylation is 1. The van der Waals surface area contributed by atoms with Crippen LogP contribution < -0.4 is 5.56 Å². The number of benzene rings is 2. The predicted octanol–water partition coefficient (Wildman–Crippen LogP) is 3.88. The molecule has 0 spiro atoms. The minimum Gasteiger partial charge on any atom is -0.458 e. The molecule has 2 heterocycles. The molecule has 2 aromatic heterocycles. The van der Waals surface area contributed by atoms with E-state index in [2.05, 4.69) is 4.98 Å². The van der Waals surface area contributed by atoms with Gasteiger partial charge in [-0.15, -0.1) is 0 Å². The van der Waals surface area contributed by atoms with Crippen molar-refractivity contribution in [1.82, 2.24) is 9.38 Å². The molecule has 0 amide bonds. The summed E-state index contributed by atoms with van der Waals surface area (Å²) in [6, 6.07) is 24.1. The molecular formula is C24H20N2O3. The lowest BCUT2D eigenvalue weighted by atomic mass is 9.91. The highest BCUT2D eigenvalue weighted by molar-refractivity contribution is 5.82. The zero-order chi connectivity index (χ0) is 20.2. The van der Waals surface area contributed by atoms with Gasteiger partial charge in [-0.05, 0) is 29.7 Å². The van der Waals surface area contributed by atoms with Gasteiger partial charge in [0, 0.05) is 12.3 Å². The second-order valence-electron chi connectivity index (χ2n) is 6.83. The average Bonchev–Trinajstić information content (AvgIpc) is 2.75. The molecule has 0 unspecified atom stereocenters. The molecule has 5 heteroatoms. The SMILES string of the molecule is Cc1cccn2c(=O)cc(COC(=O)C(c3ccccc3)c3ccccc3)nc12. The molecule has 4 aromatic rings. The zero-order valence-corrected chi connectivity index (χ0v) is 16.0. The number of aromatic nitrogens is 2. The van der Waals surface area contributed by atoms with Crippen LogP contribution >= 0.6 is 0 Å². The van der Waals surface area contributed by atoms with Gasteiger partial charge in [-0.3, -0.25) is 14.0 Å². The Morgan fingerprint density at radius 3 is 2.21 bits per heavy atom. The van der Waals surface area contributed by atoms with Crippen LogP contribution in [-0.2, 0) is 16.1 Å². The van der Waals surface area contributed by atoms with Crippen molar-refractivity contribution in [2.45, 2.75) is 19.4 Å². The van der Waals surface area contributed by atoms with Crippen molar-refractivity contribution in [3.63, 3.8) is 0 Å². The van der Waals surface area contributed by atoms with Gasteiger partial charge in [0.2, 0.25) is 0 Å². The fraction of sp³-hybridized carbons (Fsp3) is 0.125. The van der Waals surface area contributed by atoms with E-state index in [-0.39, 0.29) is 18.1 Å². The first-order valence-corrected chi connectivity index (χ1v) is 9.38. The van der Waals surface area contributed by atoms with E-state index in [0.29, 0.717) is 11.3 Å². The summed E-state index contributed by atoms with van der Waals surface area (Å²) in [4.78, 5) is 29.9. The Morgan fingerprint density at radius 2 is 1.59 bits per heavy atom. The van der Waals surface area contributed by atoms with Crippen LogP contribution in [0.15, 0.2) is 89.9 Å². The second kappa shape index (κ2) is 8.10. The van der Waals surface area contributed by atoms with E-state index in [9.17, 15) is 9.59 Å². The second-order valence-corrected chi connectivity index (χ2v) is 6.83. The molecule has 5 nitrogen and oxygen atoms in total. The van der Waals surface area contributed by atoms with Crippen LogP contribution in [0.25, 0.3) is 5.65 Å². The number of ether oxygens (including phenoxy) is 1. The van der Waals surface area contributed by atoms with Crippen molar-refractivity contribution in [3.05, 3.63) is 118 Å². The van der Waals surface area contributed by atoms with Gasteiger partial charge in [0.25, 0.3) is 5.56 Å². The van der Waals surface area contributed by atoms with Crippen LogP contribution in [0.1, 0.15) is 28.3 Å². The molecule has 0 atom stereocenters. The van der Waals surface area contributed by atoms with Gasteiger partial charge in [-0.1, -0.05) is 66.7 Å². The first kappa shape index (κ1) is 18.6. The van der Waals surface area contributed by atoms with Crippen LogP contribution in [0.2, 0.25) is 0 Å². The lowest BCUT2D eigenvalue weighted by Crippen LogP contribution is -2.20. The Balaban J connectivity index is 1.61. The van der Waals surface area contributed by atoms with Crippen LogP contribution in [0.3, 0.4) is 0 Å². The monoisotopic (exact) mass is 384 g/mol. The molecule has 0 aliphatic heterocycles. The van der Waals surface area contributed by atoms with Crippen LogP contribution in [0, 0.1) is 6.92 Å². The Bertz CT molecular complexity index is 1160. The number of carbonyl (C=O) groups excluding carboxylic acids is 1. The minimum atomic E-state index is -0.541. The summed E-state index contributed by atoms with van der Waals surface area (Å²) in [7, 11) is 0. The van der Waals surface area contributed by atoms with Gasteiger partial charge in [0.05, 0.1) is 5.69 Å². The van der Waals surface area contributed by atoms with Gasteiger partial charge in [0.1, 0.15) is 18.2 Å².